The average molecular weight is 310 g/mol. The molecule has 0 bridgehead atoms. The minimum absolute atomic E-state index is 0.00708. The summed E-state index contributed by atoms with van der Waals surface area (Å²) in [5.74, 6) is -0.788. The van der Waals surface area contributed by atoms with E-state index < -0.39 is 11.3 Å². The van der Waals surface area contributed by atoms with Crippen molar-refractivity contribution >= 4 is 5.78 Å². The van der Waals surface area contributed by atoms with Gasteiger partial charge in [0.2, 0.25) is 5.88 Å². The minimum atomic E-state index is -0.568. The third-order valence-electron chi connectivity index (χ3n) is 4.04. The van der Waals surface area contributed by atoms with Crippen LogP contribution < -0.4 is 5.56 Å². The van der Waals surface area contributed by atoms with E-state index >= 15 is 0 Å². The fraction of sp³-hybridized carbons (Fsp3) is 0.278. The number of hydrogen-bond acceptors (Lipinski definition) is 4. The second-order valence-electron chi connectivity index (χ2n) is 5.44. The van der Waals surface area contributed by atoms with Gasteiger partial charge in [-0.05, 0) is 25.8 Å². The lowest BCUT2D eigenvalue weighted by Crippen LogP contribution is -2.28. The molecule has 0 amide bonds. The first-order valence-electron chi connectivity index (χ1n) is 7.41. The second kappa shape index (κ2) is 6.49. The van der Waals surface area contributed by atoms with Crippen molar-refractivity contribution in [1.82, 2.24) is 4.57 Å². The molecule has 1 N–H and O–H groups in total. The Morgan fingerprint density at radius 1 is 1.35 bits per heavy atom. The van der Waals surface area contributed by atoms with Crippen LogP contribution in [0.4, 0.5) is 0 Å². The third kappa shape index (κ3) is 2.76. The Balaban J connectivity index is 2.81. The summed E-state index contributed by atoms with van der Waals surface area (Å²) < 4.78 is 1.13. The number of rotatable bonds is 4. The maximum Gasteiger partial charge on any atom is 0.271 e. The Bertz CT molecular complexity index is 845. The number of benzene rings is 1. The average Bonchev–Trinajstić information content (AvgIpc) is 2.55. The molecule has 0 radical (unpaired) electrons. The van der Waals surface area contributed by atoms with Crippen molar-refractivity contribution in [3.63, 3.8) is 0 Å². The van der Waals surface area contributed by atoms with E-state index in [1.165, 1.54) is 6.92 Å². The molecule has 2 rings (SSSR count). The highest BCUT2D eigenvalue weighted by Crippen LogP contribution is 2.27. The molecule has 1 aromatic carbocycles. The summed E-state index contributed by atoms with van der Waals surface area (Å²) in [5.41, 5.74) is -0.0657. The summed E-state index contributed by atoms with van der Waals surface area (Å²) in [4.78, 5) is 25.2. The van der Waals surface area contributed by atoms with Crippen LogP contribution >= 0.6 is 0 Å². The second-order valence-corrected chi connectivity index (χ2v) is 5.44. The lowest BCUT2D eigenvalue weighted by atomic mass is 9.97. The molecular formula is C18H18N2O3. The summed E-state index contributed by atoms with van der Waals surface area (Å²) in [5, 5.41) is 19.8. The molecule has 0 fully saturated rings. The van der Waals surface area contributed by atoms with Crippen LogP contribution in [-0.2, 0) is 0 Å². The topological polar surface area (TPSA) is 83.1 Å². The first kappa shape index (κ1) is 16.5. The summed E-state index contributed by atoms with van der Waals surface area (Å²) >= 11 is 0. The number of ketones is 1. The number of carbonyl (C=O) groups is 1. The number of pyridine rings is 1. The molecule has 1 aromatic heterocycles. The molecule has 0 aliphatic carbocycles. The van der Waals surface area contributed by atoms with Gasteiger partial charge in [0.15, 0.2) is 5.78 Å². The maximum absolute atomic E-state index is 12.7. The van der Waals surface area contributed by atoms with Crippen LogP contribution in [0, 0.1) is 18.3 Å². The van der Waals surface area contributed by atoms with Gasteiger partial charge in [0.25, 0.3) is 5.56 Å². The van der Waals surface area contributed by atoms with Gasteiger partial charge >= 0.3 is 0 Å². The van der Waals surface area contributed by atoms with E-state index in [1.807, 2.05) is 13.0 Å². The van der Waals surface area contributed by atoms with Crippen molar-refractivity contribution in [1.29, 1.82) is 5.26 Å². The van der Waals surface area contributed by atoms with Gasteiger partial charge < -0.3 is 5.11 Å². The highest BCUT2D eigenvalue weighted by molar-refractivity contribution is 6.11. The first-order valence-corrected chi connectivity index (χ1v) is 7.41. The third-order valence-corrected chi connectivity index (χ3v) is 4.04. The molecule has 5 heteroatoms. The van der Waals surface area contributed by atoms with Crippen LogP contribution in [0.1, 0.15) is 53.4 Å². The highest BCUT2D eigenvalue weighted by Gasteiger charge is 2.26. The van der Waals surface area contributed by atoms with Crippen molar-refractivity contribution in [2.24, 2.45) is 0 Å². The molecule has 118 valence electrons. The first-order chi connectivity index (χ1) is 10.9. The van der Waals surface area contributed by atoms with Gasteiger partial charge in [0.05, 0.1) is 5.56 Å². The van der Waals surface area contributed by atoms with Crippen molar-refractivity contribution in [3.8, 4) is 11.9 Å². The molecule has 23 heavy (non-hydrogen) atoms. The van der Waals surface area contributed by atoms with E-state index in [4.69, 9.17) is 0 Å². The Kier molecular flexibility index (Phi) is 4.65. The smallest absolute Gasteiger partial charge is 0.271 e. The Morgan fingerprint density at radius 2 is 1.96 bits per heavy atom. The molecular weight excluding hydrogens is 292 g/mol. The van der Waals surface area contributed by atoms with Crippen LogP contribution in [0.5, 0.6) is 5.88 Å². The molecule has 0 saturated carbocycles. The molecule has 0 aliphatic rings. The number of carbonyl (C=O) groups excluding carboxylic acids is 1. The fourth-order valence-electron chi connectivity index (χ4n) is 2.52. The number of nitrogens with zero attached hydrogens (tertiary/aromatic N) is 2. The molecule has 5 nitrogen and oxygen atoms in total. The van der Waals surface area contributed by atoms with Crippen LogP contribution in [0.25, 0.3) is 0 Å². The SMILES string of the molecule is CCC(C)n1c(O)c(C(=O)c2ccccc2)c(C)c(C#N)c1=O. The monoisotopic (exact) mass is 310 g/mol. The van der Waals surface area contributed by atoms with Gasteiger partial charge in [0.1, 0.15) is 11.6 Å². The van der Waals surface area contributed by atoms with E-state index in [1.54, 1.807) is 37.3 Å². The highest BCUT2D eigenvalue weighted by atomic mass is 16.3. The molecule has 0 saturated heterocycles. The number of aromatic hydroxyl groups is 1. The van der Waals surface area contributed by atoms with E-state index in [0.29, 0.717) is 12.0 Å². The molecule has 2 aromatic rings. The molecule has 1 unspecified atom stereocenters. The van der Waals surface area contributed by atoms with Crippen LogP contribution in [0.15, 0.2) is 35.1 Å². The van der Waals surface area contributed by atoms with E-state index in [-0.39, 0.29) is 28.6 Å². The van der Waals surface area contributed by atoms with Crippen molar-refractivity contribution in [2.45, 2.75) is 33.2 Å². The lowest BCUT2D eigenvalue weighted by Gasteiger charge is -2.19. The summed E-state index contributed by atoms with van der Waals surface area (Å²) in [6, 6.07) is 10.0. The van der Waals surface area contributed by atoms with Crippen LogP contribution in [0.3, 0.4) is 0 Å². The zero-order valence-corrected chi connectivity index (χ0v) is 13.3. The van der Waals surface area contributed by atoms with E-state index in [9.17, 15) is 20.0 Å². The Labute approximate surface area is 134 Å². The van der Waals surface area contributed by atoms with Crippen LogP contribution in [-0.4, -0.2) is 15.5 Å². The zero-order chi connectivity index (χ0) is 17.1. The number of aromatic nitrogens is 1. The quantitative estimate of drug-likeness (QED) is 0.880. The summed E-state index contributed by atoms with van der Waals surface area (Å²) in [6.45, 7) is 5.13. The van der Waals surface area contributed by atoms with Gasteiger partial charge in [-0.25, -0.2) is 0 Å². The van der Waals surface area contributed by atoms with Crippen molar-refractivity contribution < 1.29 is 9.90 Å². The van der Waals surface area contributed by atoms with E-state index in [0.717, 1.165) is 4.57 Å². The van der Waals surface area contributed by atoms with Gasteiger partial charge in [-0.3, -0.25) is 14.2 Å². The lowest BCUT2D eigenvalue weighted by molar-refractivity contribution is 0.103. The predicted octanol–water partition coefficient (Wildman–Crippen LogP) is 2.94. The summed E-state index contributed by atoms with van der Waals surface area (Å²) in [7, 11) is 0. The number of hydrogen-bond donors (Lipinski definition) is 1. The van der Waals surface area contributed by atoms with E-state index in [2.05, 4.69) is 0 Å². The molecule has 1 heterocycles. The molecule has 0 spiro atoms. The van der Waals surface area contributed by atoms with Gasteiger partial charge in [0, 0.05) is 11.6 Å². The normalized spacial score (nSPS) is 11.7. The largest absolute Gasteiger partial charge is 0.494 e. The number of nitriles is 1. The standard InChI is InChI=1S/C18H18N2O3/c1-4-11(2)20-17(22)14(10-19)12(3)15(18(20)23)16(21)13-8-6-5-7-9-13/h5-9,11,23H,4H2,1-3H3. The van der Waals surface area contributed by atoms with Gasteiger partial charge in [-0.15, -0.1) is 0 Å². The van der Waals surface area contributed by atoms with Crippen LogP contribution in [0.2, 0.25) is 0 Å². The zero-order valence-electron chi connectivity index (χ0n) is 13.3. The van der Waals surface area contributed by atoms with Crippen molar-refractivity contribution in [2.75, 3.05) is 0 Å². The maximum atomic E-state index is 12.7. The molecule has 0 aliphatic heterocycles. The van der Waals surface area contributed by atoms with Gasteiger partial charge in [-0.1, -0.05) is 37.3 Å². The fourth-order valence-corrected chi connectivity index (χ4v) is 2.52. The van der Waals surface area contributed by atoms with Crippen molar-refractivity contribution in [3.05, 3.63) is 62.9 Å². The Morgan fingerprint density at radius 3 is 2.48 bits per heavy atom. The molecule has 1 atom stereocenters. The predicted molar refractivity (Wildman–Crippen MR) is 86.7 cm³/mol. The summed E-state index contributed by atoms with van der Waals surface area (Å²) in [6.07, 6.45) is 0.584. The minimum Gasteiger partial charge on any atom is -0.494 e. The van der Waals surface area contributed by atoms with Gasteiger partial charge in [-0.2, -0.15) is 5.26 Å². The Hall–Kier alpha value is -2.87.